The third-order valence-corrected chi connectivity index (χ3v) is 3.54. The molecule has 2 atom stereocenters. The summed E-state index contributed by atoms with van der Waals surface area (Å²) in [6.07, 6.45) is 7.01. The van der Waals surface area contributed by atoms with Gasteiger partial charge in [-0.1, -0.05) is 0 Å². The molecular formula is C13H19ClN2O2. The van der Waals surface area contributed by atoms with Gasteiger partial charge in [0, 0.05) is 30.2 Å². The van der Waals surface area contributed by atoms with E-state index in [0.29, 0.717) is 12.0 Å². The molecule has 1 saturated heterocycles. The zero-order chi connectivity index (χ0) is 12.8. The Labute approximate surface area is 113 Å². The minimum Gasteiger partial charge on any atom is -0.481 e. The number of alkyl halides is 1. The van der Waals surface area contributed by atoms with E-state index in [1.54, 1.807) is 7.11 Å². The maximum absolute atomic E-state index is 6.33. The number of nitrogens with zero attached hydrogens (tertiary/aromatic N) is 2. The van der Waals surface area contributed by atoms with E-state index in [0.717, 1.165) is 31.6 Å². The van der Waals surface area contributed by atoms with Crippen LogP contribution in [0.25, 0.3) is 0 Å². The second-order valence-corrected chi connectivity index (χ2v) is 5.18. The molecule has 2 rings (SSSR count). The molecule has 2 unspecified atom stereocenters. The fraction of sp³-hybridized carbons (Fsp3) is 0.692. The number of rotatable bonds is 6. The first-order valence-electron chi connectivity index (χ1n) is 6.38. The predicted octanol–water partition coefficient (Wildman–Crippen LogP) is 2.59. The summed E-state index contributed by atoms with van der Waals surface area (Å²) in [4.78, 5) is 8.18. The van der Waals surface area contributed by atoms with Gasteiger partial charge in [-0.25, -0.2) is 9.97 Å². The van der Waals surface area contributed by atoms with Gasteiger partial charge in [0.1, 0.15) is 6.33 Å². The molecular weight excluding hydrogens is 252 g/mol. The van der Waals surface area contributed by atoms with Crippen LogP contribution >= 0.6 is 11.6 Å². The third kappa shape index (κ3) is 4.10. The average Bonchev–Trinajstić information content (AvgIpc) is 2.90. The fourth-order valence-corrected chi connectivity index (χ4v) is 2.45. The lowest BCUT2D eigenvalue weighted by Crippen LogP contribution is -2.11. The molecule has 0 saturated carbocycles. The number of ether oxygens (including phenoxy) is 2. The van der Waals surface area contributed by atoms with Crippen molar-refractivity contribution < 1.29 is 9.47 Å². The summed E-state index contributed by atoms with van der Waals surface area (Å²) in [6.45, 7) is 0.904. The molecule has 0 spiro atoms. The van der Waals surface area contributed by atoms with Crippen LogP contribution < -0.4 is 4.74 Å². The van der Waals surface area contributed by atoms with Gasteiger partial charge in [0.15, 0.2) is 0 Å². The van der Waals surface area contributed by atoms with Crippen LogP contribution in [0.1, 0.15) is 31.4 Å². The van der Waals surface area contributed by atoms with Crippen LogP contribution in [-0.2, 0) is 11.2 Å². The Balaban J connectivity index is 1.76. The molecule has 100 valence electrons. The molecule has 18 heavy (non-hydrogen) atoms. The van der Waals surface area contributed by atoms with Gasteiger partial charge in [0.2, 0.25) is 5.88 Å². The highest BCUT2D eigenvalue weighted by Gasteiger charge is 2.17. The fourth-order valence-electron chi connectivity index (χ4n) is 2.17. The van der Waals surface area contributed by atoms with Gasteiger partial charge in [-0.2, -0.15) is 0 Å². The highest BCUT2D eigenvalue weighted by Crippen LogP contribution is 2.21. The number of halogens is 1. The Morgan fingerprint density at radius 3 is 3.17 bits per heavy atom. The van der Waals surface area contributed by atoms with Crippen molar-refractivity contribution >= 4 is 11.6 Å². The van der Waals surface area contributed by atoms with E-state index < -0.39 is 0 Å². The van der Waals surface area contributed by atoms with Gasteiger partial charge < -0.3 is 9.47 Å². The van der Waals surface area contributed by atoms with Crippen LogP contribution in [-0.4, -0.2) is 35.2 Å². The van der Waals surface area contributed by atoms with Gasteiger partial charge in [-0.15, -0.1) is 11.6 Å². The second-order valence-electron chi connectivity index (χ2n) is 4.57. The molecule has 4 nitrogen and oxygen atoms in total. The first-order chi connectivity index (χ1) is 8.78. The molecule has 0 amide bonds. The number of aromatic nitrogens is 2. The quantitative estimate of drug-likeness (QED) is 0.746. The van der Waals surface area contributed by atoms with Gasteiger partial charge >= 0.3 is 0 Å². The topological polar surface area (TPSA) is 44.2 Å². The van der Waals surface area contributed by atoms with Crippen molar-refractivity contribution in [3.8, 4) is 5.88 Å². The van der Waals surface area contributed by atoms with Gasteiger partial charge in [-0.3, -0.25) is 0 Å². The van der Waals surface area contributed by atoms with E-state index in [-0.39, 0.29) is 5.38 Å². The standard InChI is InChI=1S/C13H19ClN2O2/c1-17-13-8-11(15-9-16-13)7-10(14)4-5-12-3-2-6-18-12/h8-10,12H,2-7H2,1H3. The Morgan fingerprint density at radius 2 is 2.44 bits per heavy atom. The summed E-state index contributed by atoms with van der Waals surface area (Å²) in [5.74, 6) is 0.586. The van der Waals surface area contributed by atoms with Crippen molar-refractivity contribution in [3.05, 3.63) is 18.1 Å². The highest BCUT2D eigenvalue weighted by molar-refractivity contribution is 6.20. The first-order valence-corrected chi connectivity index (χ1v) is 6.82. The SMILES string of the molecule is COc1cc(CC(Cl)CCC2CCCO2)ncn1. The van der Waals surface area contributed by atoms with Crippen LogP contribution in [0, 0.1) is 0 Å². The first kappa shape index (κ1) is 13.6. The molecule has 0 radical (unpaired) electrons. The van der Waals surface area contributed by atoms with E-state index in [2.05, 4.69) is 9.97 Å². The monoisotopic (exact) mass is 270 g/mol. The zero-order valence-corrected chi connectivity index (χ0v) is 11.4. The van der Waals surface area contributed by atoms with E-state index in [1.807, 2.05) is 6.07 Å². The largest absolute Gasteiger partial charge is 0.481 e. The minimum atomic E-state index is 0.0915. The molecule has 0 bridgehead atoms. The highest BCUT2D eigenvalue weighted by atomic mass is 35.5. The summed E-state index contributed by atoms with van der Waals surface area (Å²) in [7, 11) is 1.60. The maximum atomic E-state index is 6.33. The zero-order valence-electron chi connectivity index (χ0n) is 10.6. The summed E-state index contributed by atoms with van der Waals surface area (Å²) in [5, 5.41) is 0.0915. The van der Waals surface area contributed by atoms with E-state index in [4.69, 9.17) is 21.1 Å². The molecule has 1 aliphatic rings. The normalized spacial score (nSPS) is 20.9. The Morgan fingerprint density at radius 1 is 1.56 bits per heavy atom. The second kappa shape index (κ2) is 6.90. The van der Waals surface area contributed by atoms with Gasteiger partial charge in [0.05, 0.1) is 13.2 Å². The maximum Gasteiger partial charge on any atom is 0.216 e. The van der Waals surface area contributed by atoms with Gasteiger partial charge in [-0.05, 0) is 25.7 Å². The minimum absolute atomic E-state index is 0.0915. The predicted molar refractivity (Wildman–Crippen MR) is 70.1 cm³/mol. The van der Waals surface area contributed by atoms with Crippen LogP contribution in [0.3, 0.4) is 0 Å². The molecule has 1 aliphatic heterocycles. The van der Waals surface area contributed by atoms with Crippen molar-refractivity contribution in [1.82, 2.24) is 9.97 Å². The van der Waals surface area contributed by atoms with Crippen molar-refractivity contribution in [2.45, 2.75) is 43.6 Å². The molecule has 1 aromatic rings. The average molecular weight is 271 g/mol. The Hall–Kier alpha value is -0.870. The smallest absolute Gasteiger partial charge is 0.216 e. The van der Waals surface area contributed by atoms with Crippen molar-refractivity contribution in [3.63, 3.8) is 0 Å². The number of hydrogen-bond acceptors (Lipinski definition) is 4. The van der Waals surface area contributed by atoms with Crippen molar-refractivity contribution in [2.24, 2.45) is 0 Å². The molecule has 1 fully saturated rings. The number of methoxy groups -OCH3 is 1. The van der Waals surface area contributed by atoms with Crippen LogP contribution in [0.4, 0.5) is 0 Å². The molecule has 5 heteroatoms. The van der Waals surface area contributed by atoms with Crippen molar-refractivity contribution in [1.29, 1.82) is 0 Å². The Bertz CT molecular complexity index is 370. The van der Waals surface area contributed by atoms with Crippen LogP contribution in [0.15, 0.2) is 12.4 Å². The van der Waals surface area contributed by atoms with Crippen LogP contribution in [0.5, 0.6) is 5.88 Å². The van der Waals surface area contributed by atoms with E-state index in [9.17, 15) is 0 Å². The van der Waals surface area contributed by atoms with E-state index >= 15 is 0 Å². The van der Waals surface area contributed by atoms with E-state index in [1.165, 1.54) is 19.2 Å². The number of hydrogen-bond donors (Lipinski definition) is 0. The lowest BCUT2D eigenvalue weighted by molar-refractivity contribution is 0.102. The Kier molecular flexibility index (Phi) is 5.20. The molecule has 0 aliphatic carbocycles. The summed E-state index contributed by atoms with van der Waals surface area (Å²) in [5.41, 5.74) is 0.925. The van der Waals surface area contributed by atoms with Crippen LogP contribution in [0.2, 0.25) is 0 Å². The van der Waals surface area contributed by atoms with Gasteiger partial charge in [0.25, 0.3) is 0 Å². The molecule has 0 aromatic carbocycles. The van der Waals surface area contributed by atoms with Crippen molar-refractivity contribution in [2.75, 3.05) is 13.7 Å². The lowest BCUT2D eigenvalue weighted by atomic mass is 10.1. The molecule has 0 N–H and O–H groups in total. The lowest BCUT2D eigenvalue weighted by Gasteiger charge is -2.12. The molecule has 2 heterocycles. The molecule has 1 aromatic heterocycles. The third-order valence-electron chi connectivity index (χ3n) is 3.16. The summed E-state index contributed by atoms with van der Waals surface area (Å²) >= 11 is 6.33. The summed E-state index contributed by atoms with van der Waals surface area (Å²) < 4.78 is 10.6. The summed E-state index contributed by atoms with van der Waals surface area (Å²) in [6, 6.07) is 1.83.